The Morgan fingerprint density at radius 3 is 2.85 bits per heavy atom. The molecule has 0 spiro atoms. The van der Waals surface area contributed by atoms with E-state index in [0.29, 0.717) is 23.0 Å². The molecule has 2 aliphatic heterocycles. The number of carbonyl (C=O) groups is 1. The summed E-state index contributed by atoms with van der Waals surface area (Å²) in [6, 6.07) is 14.7. The fourth-order valence-corrected chi connectivity index (χ4v) is 3.54. The Balaban J connectivity index is 1.82. The van der Waals surface area contributed by atoms with E-state index in [1.165, 1.54) is 0 Å². The lowest BCUT2D eigenvalue weighted by Gasteiger charge is -2.21. The molecule has 2 aromatic carbocycles. The fourth-order valence-electron chi connectivity index (χ4n) is 2.83. The molecule has 4 nitrogen and oxygen atoms in total. The van der Waals surface area contributed by atoms with Crippen LogP contribution in [0.3, 0.4) is 0 Å². The molecule has 0 saturated carbocycles. The molecule has 26 heavy (non-hydrogen) atoms. The van der Waals surface area contributed by atoms with Gasteiger partial charge in [-0.1, -0.05) is 41.9 Å². The minimum Gasteiger partial charge on any atom is -0.327 e. The van der Waals surface area contributed by atoms with Crippen LogP contribution in [0.15, 0.2) is 80.4 Å². The van der Waals surface area contributed by atoms with Gasteiger partial charge in [0.1, 0.15) is 5.84 Å². The van der Waals surface area contributed by atoms with Crippen LogP contribution in [0.25, 0.3) is 0 Å². The van der Waals surface area contributed by atoms with Crippen LogP contribution in [0.5, 0.6) is 0 Å². The zero-order valence-corrected chi connectivity index (χ0v) is 16.5. The highest BCUT2D eigenvalue weighted by Crippen LogP contribution is 2.24. The summed E-state index contributed by atoms with van der Waals surface area (Å²) in [6.07, 6.45) is 5.97. The normalized spacial score (nSPS) is 17.2. The monoisotopic (exact) mass is 473 g/mol. The number of aliphatic imine (C=N–C) groups is 2. The van der Waals surface area contributed by atoms with Crippen molar-refractivity contribution in [1.29, 1.82) is 0 Å². The molecule has 2 aromatic rings. The van der Waals surface area contributed by atoms with Crippen molar-refractivity contribution in [1.82, 2.24) is 4.90 Å². The molecule has 6 heteroatoms. The number of hydrogen-bond acceptors (Lipinski definition) is 2. The van der Waals surface area contributed by atoms with Gasteiger partial charge in [-0.25, -0.2) is 4.99 Å². The van der Waals surface area contributed by atoms with Crippen LogP contribution in [0.4, 0.5) is 0 Å². The van der Waals surface area contributed by atoms with Crippen molar-refractivity contribution in [3.05, 3.63) is 92.2 Å². The lowest BCUT2D eigenvalue weighted by atomic mass is 10.1. The number of carbonyl (C=O) groups excluding carboxylic acids is 1. The summed E-state index contributed by atoms with van der Waals surface area (Å²) < 4.78 is 1.12. The molecule has 0 N–H and O–H groups in total. The third-order valence-corrected chi connectivity index (χ3v) is 4.94. The molecule has 128 valence electrons. The molecule has 0 radical (unpaired) electrons. The Bertz CT molecular complexity index is 1020. The van der Waals surface area contributed by atoms with Gasteiger partial charge in [-0.3, -0.25) is 4.79 Å². The van der Waals surface area contributed by atoms with Gasteiger partial charge in [0.25, 0.3) is 5.91 Å². The molecular weight excluding hydrogens is 461 g/mol. The maximum absolute atomic E-state index is 12.6. The number of benzene rings is 2. The topological polar surface area (TPSA) is 45.0 Å². The van der Waals surface area contributed by atoms with E-state index in [4.69, 9.17) is 11.6 Å². The molecular formula is C20H13ClIN3O. The molecule has 0 atom stereocenters. The second-order valence-corrected chi connectivity index (χ2v) is 7.54. The maximum atomic E-state index is 12.6. The third kappa shape index (κ3) is 3.50. The summed E-state index contributed by atoms with van der Waals surface area (Å²) in [5, 5.41) is 0.504. The van der Waals surface area contributed by atoms with E-state index < -0.39 is 0 Å². The van der Waals surface area contributed by atoms with E-state index in [0.717, 1.165) is 20.5 Å². The smallest absolute Gasteiger partial charge is 0.279 e. The van der Waals surface area contributed by atoms with E-state index in [2.05, 4.69) is 37.5 Å². The number of allylic oxidation sites excluding steroid dienone is 2. The van der Waals surface area contributed by atoms with Crippen molar-refractivity contribution in [2.24, 2.45) is 9.98 Å². The Morgan fingerprint density at radius 1 is 1.15 bits per heavy atom. The third-order valence-electron chi connectivity index (χ3n) is 4.06. The predicted molar refractivity (Wildman–Crippen MR) is 113 cm³/mol. The molecule has 4 rings (SSSR count). The van der Waals surface area contributed by atoms with E-state index in [9.17, 15) is 4.79 Å². The summed E-state index contributed by atoms with van der Waals surface area (Å²) in [7, 11) is 0. The van der Waals surface area contributed by atoms with Crippen LogP contribution in [-0.2, 0) is 6.54 Å². The number of amidine groups is 2. The number of hydrogen-bond donors (Lipinski definition) is 0. The quantitative estimate of drug-likeness (QED) is 0.548. The standard InChI is InChI=1S/C20H13ClIN3O/c21-15-6-3-5-13(10-15)20(26)24-19-17-7-2-1-4-14(17)11-25-12-16(22)8-9-18(25)23-19/h1-10,12H,11H2. The molecule has 2 aliphatic rings. The maximum Gasteiger partial charge on any atom is 0.279 e. The summed E-state index contributed by atoms with van der Waals surface area (Å²) in [5.41, 5.74) is 2.37. The molecule has 0 unspecified atom stereocenters. The highest BCUT2D eigenvalue weighted by atomic mass is 127. The van der Waals surface area contributed by atoms with E-state index >= 15 is 0 Å². The van der Waals surface area contributed by atoms with Gasteiger partial charge in [0, 0.05) is 32.5 Å². The van der Waals surface area contributed by atoms with Crippen molar-refractivity contribution >= 4 is 51.8 Å². The number of rotatable bonds is 1. The zero-order valence-electron chi connectivity index (χ0n) is 13.6. The van der Waals surface area contributed by atoms with Gasteiger partial charge >= 0.3 is 0 Å². The second-order valence-electron chi connectivity index (χ2n) is 5.85. The first-order valence-corrected chi connectivity index (χ1v) is 9.43. The second kappa shape index (κ2) is 7.17. The molecule has 2 heterocycles. The molecule has 0 aliphatic carbocycles. The lowest BCUT2D eigenvalue weighted by molar-refractivity contribution is 0.100. The van der Waals surface area contributed by atoms with Crippen LogP contribution in [0, 0.1) is 0 Å². The van der Waals surface area contributed by atoms with Gasteiger partial charge in [-0.15, -0.1) is 0 Å². The predicted octanol–water partition coefficient (Wildman–Crippen LogP) is 4.99. The Kier molecular flexibility index (Phi) is 4.74. The van der Waals surface area contributed by atoms with Crippen LogP contribution < -0.4 is 0 Å². The average Bonchev–Trinajstić information content (AvgIpc) is 2.78. The largest absolute Gasteiger partial charge is 0.327 e. The number of fused-ring (bicyclic) bond motifs is 2. The molecule has 0 bridgehead atoms. The van der Waals surface area contributed by atoms with Crippen LogP contribution in [0.2, 0.25) is 5.02 Å². The number of nitrogens with zero attached hydrogens (tertiary/aromatic N) is 3. The van der Waals surface area contributed by atoms with Gasteiger partial charge in [-0.2, -0.15) is 4.99 Å². The van der Waals surface area contributed by atoms with E-state index in [1.54, 1.807) is 24.3 Å². The molecule has 0 fully saturated rings. The minimum absolute atomic E-state index is 0.361. The zero-order chi connectivity index (χ0) is 18.1. The van der Waals surface area contributed by atoms with Crippen LogP contribution in [-0.4, -0.2) is 22.5 Å². The van der Waals surface area contributed by atoms with Gasteiger partial charge in [-0.05, 0) is 58.5 Å². The first kappa shape index (κ1) is 17.2. The lowest BCUT2D eigenvalue weighted by Crippen LogP contribution is -2.24. The number of halogens is 2. The van der Waals surface area contributed by atoms with Gasteiger partial charge in [0.05, 0.1) is 0 Å². The van der Waals surface area contributed by atoms with Crippen LogP contribution >= 0.6 is 34.2 Å². The summed E-state index contributed by atoms with van der Waals surface area (Å²) in [5.74, 6) is 0.817. The minimum atomic E-state index is -0.361. The van der Waals surface area contributed by atoms with Crippen molar-refractivity contribution in [3.63, 3.8) is 0 Å². The average molecular weight is 474 g/mol. The molecule has 1 amide bonds. The van der Waals surface area contributed by atoms with Crippen molar-refractivity contribution in [3.8, 4) is 0 Å². The highest BCUT2D eigenvalue weighted by Gasteiger charge is 2.21. The fraction of sp³-hybridized carbons (Fsp3) is 0.0500. The molecule has 0 saturated heterocycles. The summed E-state index contributed by atoms with van der Waals surface area (Å²) in [6.45, 7) is 0.677. The first-order valence-electron chi connectivity index (χ1n) is 7.98. The SMILES string of the molecule is O=C(N=C1N=C2C=CC(I)=CN2Cc2ccccc21)c1cccc(Cl)c1. The Morgan fingerprint density at radius 2 is 2.00 bits per heavy atom. The van der Waals surface area contributed by atoms with Gasteiger partial charge in [0.2, 0.25) is 0 Å². The Labute approximate surface area is 169 Å². The number of amides is 1. The first-order chi connectivity index (χ1) is 12.6. The van der Waals surface area contributed by atoms with E-state index in [-0.39, 0.29) is 5.91 Å². The van der Waals surface area contributed by atoms with Crippen molar-refractivity contribution < 1.29 is 4.79 Å². The summed E-state index contributed by atoms with van der Waals surface area (Å²) in [4.78, 5) is 23.7. The summed E-state index contributed by atoms with van der Waals surface area (Å²) >= 11 is 8.27. The van der Waals surface area contributed by atoms with E-state index in [1.807, 2.05) is 42.6 Å². The van der Waals surface area contributed by atoms with Gasteiger partial charge in [0.15, 0.2) is 5.84 Å². The van der Waals surface area contributed by atoms with Gasteiger partial charge < -0.3 is 4.90 Å². The van der Waals surface area contributed by atoms with Crippen LogP contribution in [0.1, 0.15) is 21.5 Å². The molecule has 0 aromatic heterocycles. The van der Waals surface area contributed by atoms with Crippen molar-refractivity contribution in [2.45, 2.75) is 6.54 Å². The highest BCUT2D eigenvalue weighted by molar-refractivity contribution is 14.1. The Hall–Kier alpha value is -2.25. The van der Waals surface area contributed by atoms with Crippen molar-refractivity contribution in [2.75, 3.05) is 0 Å².